The number of thioether (sulfide) groups is 1. The maximum atomic E-state index is 14.1. The highest BCUT2D eigenvalue weighted by molar-refractivity contribution is 9.10. The first-order chi connectivity index (χ1) is 9.02. The molecule has 1 aromatic rings. The highest BCUT2D eigenvalue weighted by Crippen LogP contribution is 2.33. The van der Waals surface area contributed by atoms with E-state index < -0.39 is 11.8 Å². The minimum absolute atomic E-state index is 0.00409. The molecule has 2 atom stereocenters. The highest BCUT2D eigenvalue weighted by atomic mass is 79.9. The summed E-state index contributed by atoms with van der Waals surface area (Å²) < 4.78 is 14.1. The minimum atomic E-state index is -1.14. The zero-order valence-corrected chi connectivity index (χ0v) is 12.9. The van der Waals surface area contributed by atoms with Crippen LogP contribution in [0, 0.1) is 5.82 Å². The van der Waals surface area contributed by atoms with Crippen molar-refractivity contribution in [1.29, 1.82) is 0 Å². The summed E-state index contributed by atoms with van der Waals surface area (Å²) in [4.78, 5) is 10.9. The quantitative estimate of drug-likeness (QED) is 0.864. The van der Waals surface area contributed by atoms with Crippen LogP contribution >= 0.6 is 27.7 Å². The standard InChI is InChI=1S/C13H15BrFNO2S/c1-19-8-3-2-7(6-8)16-10-5-4-9(13(17)18)11(14)12(10)15/h4-5,7-8,16H,2-3,6H2,1H3,(H,17,18). The molecule has 0 amide bonds. The molecular formula is C13H15BrFNO2S. The van der Waals surface area contributed by atoms with Crippen molar-refractivity contribution in [1.82, 2.24) is 0 Å². The number of halogens is 2. The molecule has 1 aliphatic carbocycles. The third-order valence-electron chi connectivity index (χ3n) is 3.39. The Labute approximate surface area is 124 Å². The fourth-order valence-corrected chi connectivity index (χ4v) is 3.64. The molecule has 2 rings (SSSR count). The molecule has 1 fully saturated rings. The van der Waals surface area contributed by atoms with E-state index in [1.54, 1.807) is 0 Å². The van der Waals surface area contributed by atoms with Crippen LogP contribution in [0.2, 0.25) is 0 Å². The Bertz CT molecular complexity index is 498. The van der Waals surface area contributed by atoms with Crippen molar-refractivity contribution in [3.63, 3.8) is 0 Å². The lowest BCUT2D eigenvalue weighted by Gasteiger charge is -2.16. The maximum Gasteiger partial charge on any atom is 0.336 e. The zero-order chi connectivity index (χ0) is 14.0. The van der Waals surface area contributed by atoms with Gasteiger partial charge in [0.1, 0.15) is 0 Å². The van der Waals surface area contributed by atoms with Crippen molar-refractivity contribution < 1.29 is 14.3 Å². The van der Waals surface area contributed by atoms with Crippen LogP contribution in [-0.4, -0.2) is 28.6 Å². The summed E-state index contributed by atoms with van der Waals surface area (Å²) in [6.45, 7) is 0. The molecule has 0 spiro atoms. The van der Waals surface area contributed by atoms with Crippen LogP contribution in [-0.2, 0) is 0 Å². The average molecular weight is 348 g/mol. The monoisotopic (exact) mass is 347 g/mol. The second kappa shape index (κ2) is 6.13. The van der Waals surface area contributed by atoms with Gasteiger partial charge in [-0.05, 0) is 53.6 Å². The Morgan fingerprint density at radius 3 is 2.84 bits per heavy atom. The molecule has 1 aromatic carbocycles. The van der Waals surface area contributed by atoms with Gasteiger partial charge in [0.2, 0.25) is 0 Å². The predicted octanol–water partition coefficient (Wildman–Crippen LogP) is 3.98. The Kier molecular flexibility index (Phi) is 4.73. The van der Waals surface area contributed by atoms with Gasteiger partial charge < -0.3 is 10.4 Å². The number of carboxylic acid groups (broad SMARTS) is 1. The lowest BCUT2D eigenvalue weighted by Crippen LogP contribution is -2.17. The second-order valence-corrected chi connectivity index (χ2v) is 6.54. The normalized spacial score (nSPS) is 22.5. The van der Waals surface area contributed by atoms with Gasteiger partial charge in [0.05, 0.1) is 15.7 Å². The molecular weight excluding hydrogens is 333 g/mol. The number of aromatic carboxylic acids is 1. The summed E-state index contributed by atoms with van der Waals surface area (Å²) in [6.07, 6.45) is 5.25. The average Bonchev–Trinajstić information content (AvgIpc) is 2.82. The van der Waals surface area contributed by atoms with Gasteiger partial charge in [-0.2, -0.15) is 11.8 Å². The summed E-state index contributed by atoms with van der Waals surface area (Å²) in [5, 5.41) is 12.7. The van der Waals surface area contributed by atoms with Crippen LogP contribution in [0.3, 0.4) is 0 Å². The van der Waals surface area contributed by atoms with Gasteiger partial charge in [0.25, 0.3) is 0 Å². The van der Waals surface area contributed by atoms with Gasteiger partial charge in [-0.1, -0.05) is 0 Å². The molecule has 0 aromatic heterocycles. The number of hydrogen-bond donors (Lipinski definition) is 2. The predicted molar refractivity (Wildman–Crippen MR) is 79.6 cm³/mol. The van der Waals surface area contributed by atoms with Crippen LogP contribution in [0.15, 0.2) is 16.6 Å². The van der Waals surface area contributed by atoms with E-state index in [-0.39, 0.29) is 16.1 Å². The molecule has 0 aliphatic heterocycles. The summed E-state index contributed by atoms with van der Waals surface area (Å²) in [5.41, 5.74) is 0.306. The van der Waals surface area contributed by atoms with Gasteiger partial charge in [-0.25, -0.2) is 9.18 Å². The van der Waals surface area contributed by atoms with Gasteiger partial charge in [0.15, 0.2) is 5.82 Å². The third kappa shape index (κ3) is 3.23. The third-order valence-corrected chi connectivity index (χ3v) is 5.26. The molecule has 2 unspecified atom stereocenters. The zero-order valence-electron chi connectivity index (χ0n) is 10.5. The summed E-state index contributed by atoms with van der Waals surface area (Å²) in [7, 11) is 0. The van der Waals surface area contributed by atoms with Gasteiger partial charge >= 0.3 is 5.97 Å². The molecule has 0 bridgehead atoms. The van der Waals surface area contributed by atoms with Crippen LogP contribution in [0.5, 0.6) is 0 Å². The largest absolute Gasteiger partial charge is 0.478 e. The number of carboxylic acids is 1. The van der Waals surface area contributed by atoms with Crippen molar-refractivity contribution in [2.24, 2.45) is 0 Å². The summed E-state index contributed by atoms with van der Waals surface area (Å²) >= 11 is 4.85. The number of carbonyl (C=O) groups is 1. The molecule has 0 radical (unpaired) electrons. The molecule has 1 aliphatic rings. The first-order valence-corrected chi connectivity index (χ1v) is 8.11. The highest BCUT2D eigenvalue weighted by Gasteiger charge is 2.25. The molecule has 2 N–H and O–H groups in total. The van der Waals surface area contributed by atoms with Crippen molar-refractivity contribution >= 4 is 39.3 Å². The second-order valence-electron chi connectivity index (χ2n) is 4.61. The molecule has 6 heteroatoms. The molecule has 0 saturated heterocycles. The van der Waals surface area contributed by atoms with Crippen LogP contribution < -0.4 is 5.32 Å². The lowest BCUT2D eigenvalue weighted by molar-refractivity contribution is 0.0695. The molecule has 104 valence electrons. The first kappa shape index (κ1) is 14.7. The van der Waals surface area contributed by atoms with Crippen molar-refractivity contribution in [3.05, 3.63) is 28.0 Å². The van der Waals surface area contributed by atoms with E-state index in [4.69, 9.17) is 5.11 Å². The Hall–Kier alpha value is -0.750. The Morgan fingerprint density at radius 1 is 1.53 bits per heavy atom. The van der Waals surface area contributed by atoms with E-state index >= 15 is 0 Å². The Morgan fingerprint density at radius 2 is 2.26 bits per heavy atom. The van der Waals surface area contributed by atoms with E-state index in [0.29, 0.717) is 10.9 Å². The maximum absolute atomic E-state index is 14.1. The fourth-order valence-electron chi connectivity index (χ4n) is 2.33. The van der Waals surface area contributed by atoms with Crippen LogP contribution in [0.4, 0.5) is 10.1 Å². The van der Waals surface area contributed by atoms with E-state index in [0.717, 1.165) is 19.3 Å². The van der Waals surface area contributed by atoms with Gasteiger partial charge in [-0.15, -0.1) is 0 Å². The minimum Gasteiger partial charge on any atom is -0.478 e. The number of rotatable bonds is 4. The van der Waals surface area contributed by atoms with Crippen LogP contribution in [0.1, 0.15) is 29.6 Å². The fraction of sp³-hybridized carbons (Fsp3) is 0.462. The smallest absolute Gasteiger partial charge is 0.336 e. The SMILES string of the molecule is CSC1CCC(Nc2ccc(C(=O)O)c(Br)c2F)C1. The number of nitrogens with one attached hydrogen (secondary N) is 1. The van der Waals surface area contributed by atoms with Crippen molar-refractivity contribution in [2.75, 3.05) is 11.6 Å². The van der Waals surface area contributed by atoms with Crippen molar-refractivity contribution in [2.45, 2.75) is 30.6 Å². The van der Waals surface area contributed by atoms with E-state index in [9.17, 15) is 9.18 Å². The summed E-state index contributed by atoms with van der Waals surface area (Å²) in [6, 6.07) is 3.17. The number of benzene rings is 1. The van der Waals surface area contributed by atoms with Gasteiger partial charge in [0, 0.05) is 11.3 Å². The topological polar surface area (TPSA) is 49.3 Å². The molecule has 19 heavy (non-hydrogen) atoms. The van der Waals surface area contributed by atoms with E-state index in [1.807, 2.05) is 11.8 Å². The molecule has 3 nitrogen and oxygen atoms in total. The molecule has 0 heterocycles. The molecule has 1 saturated carbocycles. The van der Waals surface area contributed by atoms with Crippen molar-refractivity contribution in [3.8, 4) is 0 Å². The van der Waals surface area contributed by atoms with E-state index in [1.165, 1.54) is 12.1 Å². The first-order valence-electron chi connectivity index (χ1n) is 6.03. The summed E-state index contributed by atoms with van der Waals surface area (Å²) in [5.74, 6) is -1.67. The van der Waals surface area contributed by atoms with Crippen LogP contribution in [0.25, 0.3) is 0 Å². The number of anilines is 1. The van der Waals surface area contributed by atoms with Gasteiger partial charge in [-0.3, -0.25) is 0 Å². The van der Waals surface area contributed by atoms with E-state index in [2.05, 4.69) is 27.5 Å². The lowest BCUT2D eigenvalue weighted by atomic mass is 10.1. The Balaban J connectivity index is 2.14. The number of hydrogen-bond acceptors (Lipinski definition) is 3.